The average molecular weight is 524 g/mol. The largest absolute Gasteiger partial charge is 0.337 e. The van der Waals surface area contributed by atoms with Crippen LogP contribution in [0.25, 0.3) is 17.0 Å². The van der Waals surface area contributed by atoms with E-state index in [1.807, 2.05) is 17.0 Å². The fraction of sp³-hybridized carbons (Fsp3) is 0.190. The molecule has 8 nitrogen and oxygen atoms in total. The first kappa shape index (κ1) is 22.4. The van der Waals surface area contributed by atoms with E-state index >= 15 is 0 Å². The number of hydrogen-bond acceptors (Lipinski definition) is 6. The molecule has 1 saturated heterocycles. The number of hydrogen-bond donors (Lipinski definition) is 0. The van der Waals surface area contributed by atoms with E-state index in [9.17, 15) is 8.42 Å². The number of aromatic nitrogens is 4. The van der Waals surface area contributed by atoms with Crippen LogP contribution in [-0.2, 0) is 10.0 Å². The first-order chi connectivity index (χ1) is 15.8. The lowest BCUT2D eigenvalue weighted by atomic mass is 10.1. The van der Waals surface area contributed by atoms with E-state index in [-0.39, 0.29) is 4.90 Å². The minimum Gasteiger partial charge on any atom is -0.337 e. The van der Waals surface area contributed by atoms with Crippen molar-refractivity contribution in [2.75, 3.05) is 31.1 Å². The predicted molar refractivity (Wildman–Crippen MR) is 129 cm³/mol. The summed E-state index contributed by atoms with van der Waals surface area (Å²) < 4.78 is 29.0. The molecular formula is C21H17Cl3N6O2S. The van der Waals surface area contributed by atoms with E-state index in [4.69, 9.17) is 34.8 Å². The number of halogens is 3. The van der Waals surface area contributed by atoms with Crippen LogP contribution in [0.15, 0.2) is 59.6 Å². The van der Waals surface area contributed by atoms with E-state index < -0.39 is 10.0 Å². The normalized spacial score (nSPS) is 15.3. The maximum absolute atomic E-state index is 12.9. The molecule has 1 aliphatic rings. The lowest BCUT2D eigenvalue weighted by Crippen LogP contribution is -2.49. The Bertz CT molecular complexity index is 1430. The second kappa shape index (κ2) is 8.73. The number of anilines is 1. The maximum Gasteiger partial charge on any atom is 0.254 e. The van der Waals surface area contributed by atoms with Gasteiger partial charge in [0, 0.05) is 43.0 Å². The van der Waals surface area contributed by atoms with Crippen molar-refractivity contribution in [1.82, 2.24) is 23.9 Å². The summed E-state index contributed by atoms with van der Waals surface area (Å²) >= 11 is 18.1. The zero-order valence-corrected chi connectivity index (χ0v) is 20.2. The molecule has 2 aromatic heterocycles. The summed E-state index contributed by atoms with van der Waals surface area (Å²) in [6.07, 6.45) is 1.66. The second-order valence-electron chi connectivity index (χ2n) is 7.43. The summed E-state index contributed by atoms with van der Waals surface area (Å²) in [6.45, 7) is 1.53. The van der Waals surface area contributed by atoms with Crippen LogP contribution in [0.2, 0.25) is 15.1 Å². The minimum absolute atomic E-state index is 0.224. The van der Waals surface area contributed by atoms with Crippen LogP contribution < -0.4 is 4.90 Å². The van der Waals surface area contributed by atoms with Crippen molar-refractivity contribution in [3.05, 3.63) is 69.8 Å². The van der Waals surface area contributed by atoms with Crippen molar-refractivity contribution < 1.29 is 8.42 Å². The van der Waals surface area contributed by atoms with Gasteiger partial charge in [-0.05, 0) is 42.5 Å². The van der Waals surface area contributed by atoms with Gasteiger partial charge in [-0.2, -0.15) is 13.8 Å². The van der Waals surface area contributed by atoms with E-state index in [0.717, 1.165) is 11.3 Å². The summed E-state index contributed by atoms with van der Waals surface area (Å²) in [5.74, 6) is 0.920. The summed E-state index contributed by atoms with van der Waals surface area (Å²) in [4.78, 5) is 11.0. The third-order valence-electron chi connectivity index (χ3n) is 5.42. The van der Waals surface area contributed by atoms with Crippen LogP contribution in [-0.4, -0.2) is 58.5 Å². The molecule has 12 heteroatoms. The summed E-state index contributed by atoms with van der Waals surface area (Å²) in [7, 11) is -3.59. The average Bonchev–Trinajstić information content (AvgIpc) is 3.26. The lowest BCUT2D eigenvalue weighted by molar-refractivity contribution is 0.382. The molecule has 0 unspecified atom stereocenters. The monoisotopic (exact) mass is 522 g/mol. The molecule has 3 heterocycles. The van der Waals surface area contributed by atoms with Crippen molar-refractivity contribution >= 4 is 56.6 Å². The second-order valence-corrected chi connectivity index (χ2v) is 10.6. The van der Waals surface area contributed by atoms with Gasteiger partial charge in [-0.25, -0.2) is 13.4 Å². The molecule has 0 spiro atoms. The highest BCUT2D eigenvalue weighted by Gasteiger charge is 2.30. The SMILES string of the molecule is O=S(=O)(c1ccc(Cl)cc1)N1CCN(c2nc3nccc(-c4ccc(Cl)c(Cl)c4)n3n2)CC1. The van der Waals surface area contributed by atoms with Crippen LogP contribution in [0.4, 0.5) is 5.95 Å². The number of sulfonamides is 1. The van der Waals surface area contributed by atoms with Crippen molar-refractivity contribution in [3.8, 4) is 11.3 Å². The van der Waals surface area contributed by atoms with Gasteiger partial charge in [0.15, 0.2) is 0 Å². The number of piperazine rings is 1. The zero-order valence-electron chi connectivity index (χ0n) is 17.1. The van der Waals surface area contributed by atoms with Gasteiger partial charge in [0.1, 0.15) is 0 Å². The third-order valence-corrected chi connectivity index (χ3v) is 8.32. The lowest BCUT2D eigenvalue weighted by Gasteiger charge is -2.33. The highest BCUT2D eigenvalue weighted by atomic mass is 35.5. The molecule has 4 aromatic rings. The Kier molecular flexibility index (Phi) is 5.92. The zero-order chi connectivity index (χ0) is 23.2. The van der Waals surface area contributed by atoms with Gasteiger partial charge in [-0.3, -0.25) is 0 Å². The molecule has 33 heavy (non-hydrogen) atoms. The Balaban J connectivity index is 1.38. The van der Waals surface area contributed by atoms with Gasteiger partial charge in [0.25, 0.3) is 5.78 Å². The van der Waals surface area contributed by atoms with E-state index in [2.05, 4.69) is 15.1 Å². The van der Waals surface area contributed by atoms with Gasteiger partial charge in [0.2, 0.25) is 16.0 Å². The number of fused-ring (bicyclic) bond motifs is 1. The Morgan fingerprint density at radius 3 is 2.27 bits per heavy atom. The number of nitrogens with zero attached hydrogens (tertiary/aromatic N) is 6. The van der Waals surface area contributed by atoms with Crippen molar-refractivity contribution in [2.45, 2.75) is 4.90 Å². The molecule has 0 atom stereocenters. The number of rotatable bonds is 4. The third kappa shape index (κ3) is 4.27. The minimum atomic E-state index is -3.59. The maximum atomic E-state index is 12.9. The first-order valence-corrected chi connectivity index (χ1v) is 12.6. The molecule has 170 valence electrons. The van der Waals surface area contributed by atoms with E-state index in [0.29, 0.717) is 53.0 Å². The van der Waals surface area contributed by atoms with Crippen LogP contribution in [0.5, 0.6) is 0 Å². The van der Waals surface area contributed by atoms with E-state index in [1.54, 1.807) is 35.0 Å². The van der Waals surface area contributed by atoms with Gasteiger partial charge in [-0.15, -0.1) is 5.10 Å². The highest BCUT2D eigenvalue weighted by molar-refractivity contribution is 7.89. The molecule has 0 aliphatic carbocycles. The fourth-order valence-electron chi connectivity index (χ4n) is 3.68. The molecular weight excluding hydrogens is 507 g/mol. The summed E-state index contributed by atoms with van der Waals surface area (Å²) in [5, 5.41) is 6.03. The molecule has 0 N–H and O–H groups in total. The summed E-state index contributed by atoms with van der Waals surface area (Å²) in [5.41, 5.74) is 1.59. The smallest absolute Gasteiger partial charge is 0.254 e. The highest BCUT2D eigenvalue weighted by Crippen LogP contribution is 2.29. The molecule has 1 fully saturated rings. The molecule has 5 rings (SSSR count). The van der Waals surface area contributed by atoms with Crippen LogP contribution >= 0.6 is 34.8 Å². The van der Waals surface area contributed by atoms with Crippen LogP contribution in [0.1, 0.15) is 0 Å². The van der Waals surface area contributed by atoms with Crippen LogP contribution in [0.3, 0.4) is 0 Å². The Morgan fingerprint density at radius 1 is 0.848 bits per heavy atom. The van der Waals surface area contributed by atoms with Crippen molar-refractivity contribution in [1.29, 1.82) is 0 Å². The van der Waals surface area contributed by atoms with Gasteiger partial charge < -0.3 is 4.90 Å². The summed E-state index contributed by atoms with van der Waals surface area (Å²) in [6, 6.07) is 13.3. The molecule has 1 aliphatic heterocycles. The molecule has 0 bridgehead atoms. The molecule has 0 radical (unpaired) electrons. The van der Waals surface area contributed by atoms with Crippen LogP contribution in [0, 0.1) is 0 Å². The predicted octanol–water partition coefficient (Wildman–Crippen LogP) is 4.26. The van der Waals surface area contributed by atoms with Gasteiger partial charge in [-0.1, -0.05) is 40.9 Å². The van der Waals surface area contributed by atoms with Crippen molar-refractivity contribution in [3.63, 3.8) is 0 Å². The van der Waals surface area contributed by atoms with E-state index in [1.165, 1.54) is 16.4 Å². The molecule has 0 saturated carbocycles. The van der Waals surface area contributed by atoms with Gasteiger partial charge in [0.05, 0.1) is 20.6 Å². The van der Waals surface area contributed by atoms with Gasteiger partial charge >= 0.3 is 0 Å². The molecule has 2 aromatic carbocycles. The molecule has 0 amide bonds. The Morgan fingerprint density at radius 2 is 1.58 bits per heavy atom. The number of benzene rings is 2. The quantitative estimate of drug-likeness (QED) is 0.397. The topological polar surface area (TPSA) is 83.7 Å². The fourth-order valence-corrected chi connectivity index (χ4v) is 5.52. The first-order valence-electron chi connectivity index (χ1n) is 10.0. The Hall–Kier alpha value is -2.43. The van der Waals surface area contributed by atoms with Crippen molar-refractivity contribution in [2.24, 2.45) is 0 Å². The Labute approximate surface area is 205 Å². The standard InChI is InChI=1S/C21H17Cl3N6O2S/c22-15-2-4-16(5-3-15)33(31,32)29-11-9-28(10-12-29)21-26-20-25-8-7-19(30(20)27-21)14-1-6-17(23)18(24)13-14/h1-8,13H,9-12H2.